The minimum absolute atomic E-state index is 0.112. The van der Waals surface area contributed by atoms with Crippen molar-refractivity contribution in [1.82, 2.24) is 4.90 Å². The molecule has 3 heterocycles. The van der Waals surface area contributed by atoms with E-state index in [0.29, 0.717) is 18.8 Å². The predicted molar refractivity (Wildman–Crippen MR) is 91.5 cm³/mol. The molecular formula is C19H20N2O3. The molecule has 1 saturated heterocycles. The van der Waals surface area contributed by atoms with E-state index in [0.717, 1.165) is 19.4 Å². The third kappa shape index (κ3) is 2.40. The summed E-state index contributed by atoms with van der Waals surface area (Å²) in [5.41, 5.74) is 2.49. The third-order valence-electron chi connectivity index (χ3n) is 5.22. The highest BCUT2D eigenvalue weighted by atomic mass is 16.3. The summed E-state index contributed by atoms with van der Waals surface area (Å²) in [5, 5.41) is 3.49. The van der Waals surface area contributed by atoms with Gasteiger partial charge in [-0.25, -0.2) is 0 Å². The van der Waals surface area contributed by atoms with E-state index >= 15 is 0 Å². The second kappa shape index (κ2) is 5.51. The van der Waals surface area contributed by atoms with E-state index in [9.17, 15) is 9.59 Å². The maximum absolute atomic E-state index is 12.6. The number of nitrogens with zero attached hydrogens (tertiary/aromatic N) is 1. The van der Waals surface area contributed by atoms with E-state index in [4.69, 9.17) is 4.42 Å². The zero-order valence-electron chi connectivity index (χ0n) is 13.7. The van der Waals surface area contributed by atoms with Gasteiger partial charge in [-0.15, -0.1) is 0 Å². The molecule has 0 aliphatic carbocycles. The number of carbonyl (C=O) groups is 1. The lowest BCUT2D eigenvalue weighted by Gasteiger charge is -2.39. The molecule has 1 aromatic heterocycles. The van der Waals surface area contributed by atoms with Crippen molar-refractivity contribution >= 4 is 11.6 Å². The largest absolute Gasteiger partial charge is 0.456 e. The molecular weight excluding hydrogens is 304 g/mol. The van der Waals surface area contributed by atoms with Gasteiger partial charge in [-0.1, -0.05) is 18.2 Å². The van der Waals surface area contributed by atoms with Crippen LogP contribution in [0.25, 0.3) is 0 Å². The number of rotatable bonds is 1. The topological polar surface area (TPSA) is 62.6 Å². The van der Waals surface area contributed by atoms with Gasteiger partial charge in [0.15, 0.2) is 11.2 Å². The number of fused-ring (bicyclic) bond motifs is 2. The molecule has 0 atom stereocenters. The molecule has 5 nitrogen and oxygen atoms in total. The van der Waals surface area contributed by atoms with Crippen molar-refractivity contribution in [2.75, 3.05) is 25.0 Å². The van der Waals surface area contributed by atoms with E-state index in [2.05, 4.69) is 23.5 Å². The molecule has 24 heavy (non-hydrogen) atoms. The van der Waals surface area contributed by atoms with Crippen molar-refractivity contribution in [3.8, 4) is 0 Å². The summed E-state index contributed by atoms with van der Waals surface area (Å²) < 4.78 is 5.44. The van der Waals surface area contributed by atoms with E-state index in [1.165, 1.54) is 23.4 Å². The number of carbonyl (C=O) groups excluding carboxylic acids is 1. The minimum Gasteiger partial charge on any atom is -0.456 e. The Morgan fingerprint density at radius 3 is 2.71 bits per heavy atom. The Bertz CT molecular complexity index is 848. The van der Waals surface area contributed by atoms with Crippen molar-refractivity contribution in [1.29, 1.82) is 0 Å². The van der Waals surface area contributed by atoms with Crippen LogP contribution in [0, 0.1) is 6.92 Å². The molecule has 1 N–H and O–H groups in total. The first-order chi connectivity index (χ1) is 11.6. The molecule has 0 radical (unpaired) electrons. The second-order valence-corrected chi connectivity index (χ2v) is 6.74. The van der Waals surface area contributed by atoms with Crippen LogP contribution in [-0.2, 0) is 5.41 Å². The van der Waals surface area contributed by atoms with E-state index in [1.54, 1.807) is 11.8 Å². The molecule has 2 aliphatic heterocycles. The minimum atomic E-state index is -0.190. The number of piperidine rings is 1. The fourth-order valence-corrected chi connectivity index (χ4v) is 3.91. The molecule has 0 bridgehead atoms. The van der Waals surface area contributed by atoms with Gasteiger partial charge in [0.2, 0.25) is 0 Å². The Kier molecular flexibility index (Phi) is 3.44. The average molecular weight is 324 g/mol. The van der Waals surface area contributed by atoms with Crippen molar-refractivity contribution in [3.63, 3.8) is 0 Å². The highest BCUT2D eigenvalue weighted by Gasteiger charge is 2.42. The number of anilines is 1. The van der Waals surface area contributed by atoms with Crippen LogP contribution >= 0.6 is 0 Å². The lowest BCUT2D eigenvalue weighted by Crippen LogP contribution is -2.46. The molecule has 2 aliphatic rings. The van der Waals surface area contributed by atoms with Gasteiger partial charge in [-0.3, -0.25) is 9.59 Å². The highest BCUT2D eigenvalue weighted by Crippen LogP contribution is 2.43. The van der Waals surface area contributed by atoms with Crippen LogP contribution in [0.3, 0.4) is 0 Å². The third-order valence-corrected chi connectivity index (χ3v) is 5.22. The monoisotopic (exact) mass is 324 g/mol. The summed E-state index contributed by atoms with van der Waals surface area (Å²) in [6.45, 7) is 3.96. The Labute approximate surface area is 140 Å². The van der Waals surface area contributed by atoms with Crippen LogP contribution in [0.15, 0.2) is 45.6 Å². The summed E-state index contributed by atoms with van der Waals surface area (Å²) in [4.78, 5) is 26.0. The first-order valence-electron chi connectivity index (χ1n) is 8.32. The zero-order chi connectivity index (χ0) is 16.7. The second-order valence-electron chi connectivity index (χ2n) is 6.74. The van der Waals surface area contributed by atoms with Crippen LogP contribution in [0.1, 0.15) is 34.7 Å². The summed E-state index contributed by atoms with van der Waals surface area (Å²) in [7, 11) is 0. The number of likely N-dealkylation sites (tertiary alicyclic amines) is 1. The molecule has 0 unspecified atom stereocenters. The average Bonchev–Trinajstić information content (AvgIpc) is 2.93. The summed E-state index contributed by atoms with van der Waals surface area (Å²) >= 11 is 0. The molecule has 0 saturated carbocycles. The van der Waals surface area contributed by atoms with Gasteiger partial charge in [-0.05, 0) is 31.4 Å². The molecule has 1 fully saturated rings. The normalized spacial score (nSPS) is 18.3. The van der Waals surface area contributed by atoms with Gasteiger partial charge in [0.05, 0.1) is 0 Å². The number of amides is 1. The molecule has 2 aromatic rings. The molecule has 4 rings (SSSR count). The Balaban J connectivity index is 1.53. The van der Waals surface area contributed by atoms with E-state index in [1.807, 2.05) is 6.07 Å². The molecule has 1 aromatic carbocycles. The van der Waals surface area contributed by atoms with Gasteiger partial charge in [0, 0.05) is 42.9 Å². The number of hydrogen-bond donors (Lipinski definition) is 1. The quantitative estimate of drug-likeness (QED) is 0.876. The number of nitrogens with one attached hydrogen (secondary N) is 1. The lowest BCUT2D eigenvalue weighted by atomic mass is 9.74. The van der Waals surface area contributed by atoms with Crippen molar-refractivity contribution in [2.24, 2.45) is 0 Å². The fourth-order valence-electron chi connectivity index (χ4n) is 3.91. The molecule has 1 amide bonds. The summed E-state index contributed by atoms with van der Waals surface area (Å²) in [6, 6.07) is 11.1. The summed E-state index contributed by atoms with van der Waals surface area (Å²) in [6.07, 6.45) is 1.83. The van der Waals surface area contributed by atoms with Gasteiger partial charge in [-0.2, -0.15) is 0 Å². The van der Waals surface area contributed by atoms with Crippen LogP contribution in [0.4, 0.5) is 5.69 Å². The van der Waals surface area contributed by atoms with E-state index < -0.39 is 0 Å². The molecule has 5 heteroatoms. The first kappa shape index (κ1) is 15.0. The lowest BCUT2D eigenvalue weighted by molar-refractivity contribution is 0.0640. The summed E-state index contributed by atoms with van der Waals surface area (Å²) in [5.74, 6) is 0.416. The van der Waals surface area contributed by atoms with Crippen LogP contribution < -0.4 is 10.7 Å². The number of benzene rings is 1. The molecule has 124 valence electrons. The number of hydrogen-bond acceptors (Lipinski definition) is 4. The standard InChI is InChI=1S/C19H20N2O3/c1-13-10-14(22)11-17(24-13)18(23)21-8-6-19(7-9-21)12-20-16-5-3-2-4-15(16)19/h2-5,10-11,20H,6-9,12H2,1H3. The number of para-hydroxylation sites is 1. The Morgan fingerprint density at radius 2 is 1.96 bits per heavy atom. The fraction of sp³-hybridized carbons (Fsp3) is 0.368. The van der Waals surface area contributed by atoms with Crippen molar-refractivity contribution < 1.29 is 9.21 Å². The molecule has 1 spiro atoms. The van der Waals surface area contributed by atoms with Gasteiger partial charge in [0.1, 0.15) is 5.76 Å². The highest BCUT2D eigenvalue weighted by molar-refractivity contribution is 5.91. The Hall–Kier alpha value is -2.56. The van der Waals surface area contributed by atoms with Crippen LogP contribution in [0.5, 0.6) is 0 Å². The Morgan fingerprint density at radius 1 is 1.21 bits per heavy atom. The smallest absolute Gasteiger partial charge is 0.289 e. The van der Waals surface area contributed by atoms with Gasteiger partial charge >= 0.3 is 0 Å². The number of aryl methyl sites for hydroxylation is 1. The van der Waals surface area contributed by atoms with Crippen molar-refractivity contribution in [3.05, 3.63) is 63.7 Å². The van der Waals surface area contributed by atoms with Crippen LogP contribution in [-0.4, -0.2) is 30.4 Å². The maximum atomic E-state index is 12.6. The van der Waals surface area contributed by atoms with Crippen LogP contribution in [0.2, 0.25) is 0 Å². The maximum Gasteiger partial charge on any atom is 0.289 e. The van der Waals surface area contributed by atoms with Crippen molar-refractivity contribution in [2.45, 2.75) is 25.2 Å². The first-order valence-corrected chi connectivity index (χ1v) is 8.32. The predicted octanol–water partition coefficient (Wildman–Crippen LogP) is 2.55. The van der Waals surface area contributed by atoms with Gasteiger partial charge < -0.3 is 14.6 Å². The van der Waals surface area contributed by atoms with E-state index in [-0.39, 0.29) is 22.5 Å². The van der Waals surface area contributed by atoms with Gasteiger partial charge in [0.25, 0.3) is 5.91 Å². The SMILES string of the molecule is Cc1cc(=O)cc(C(=O)N2CCC3(CC2)CNc2ccccc23)o1. The zero-order valence-corrected chi connectivity index (χ0v) is 13.7.